The molecule has 0 radical (unpaired) electrons. The van der Waals surface area contributed by atoms with Gasteiger partial charge in [0.15, 0.2) is 0 Å². The number of aryl methyl sites for hydroxylation is 1. The van der Waals surface area contributed by atoms with Gasteiger partial charge >= 0.3 is 0 Å². The van der Waals surface area contributed by atoms with Crippen molar-refractivity contribution in [2.24, 2.45) is 10.9 Å². The smallest absolute Gasteiger partial charge is 0.233 e. The molecule has 0 amide bonds. The quantitative estimate of drug-likeness (QED) is 0.702. The number of ketones is 1. The van der Waals surface area contributed by atoms with Gasteiger partial charge in [-0.05, 0) is 42.2 Å². The maximum absolute atomic E-state index is 12.0. The van der Waals surface area contributed by atoms with Crippen LogP contribution in [0.3, 0.4) is 0 Å². The Morgan fingerprint density at radius 1 is 1.07 bits per heavy atom. The van der Waals surface area contributed by atoms with Crippen molar-refractivity contribution in [1.82, 2.24) is 15.0 Å². The van der Waals surface area contributed by atoms with Crippen molar-refractivity contribution in [1.29, 1.82) is 0 Å². The Labute approximate surface area is 171 Å². The van der Waals surface area contributed by atoms with Gasteiger partial charge in [0.2, 0.25) is 11.9 Å². The summed E-state index contributed by atoms with van der Waals surface area (Å²) >= 11 is 0. The van der Waals surface area contributed by atoms with Crippen molar-refractivity contribution in [3.8, 4) is 0 Å². The van der Waals surface area contributed by atoms with Gasteiger partial charge < -0.3 is 10.6 Å². The average Bonchev–Trinajstić information content (AvgIpc) is 3.07. The lowest BCUT2D eigenvalue weighted by molar-refractivity contribution is -0.119. The molecule has 1 aliphatic heterocycles. The summed E-state index contributed by atoms with van der Waals surface area (Å²) in [6, 6.07) is 7.80. The summed E-state index contributed by atoms with van der Waals surface area (Å²) in [5.74, 6) is 3.05. The molecule has 29 heavy (non-hydrogen) atoms. The predicted octanol–water partition coefficient (Wildman–Crippen LogP) is 4.11. The molecule has 1 aliphatic rings. The van der Waals surface area contributed by atoms with E-state index in [-0.39, 0.29) is 5.78 Å². The van der Waals surface area contributed by atoms with Crippen molar-refractivity contribution >= 4 is 29.2 Å². The number of benzene rings is 1. The average molecular weight is 393 g/mol. The summed E-state index contributed by atoms with van der Waals surface area (Å²) in [5, 5.41) is 6.38. The van der Waals surface area contributed by atoms with E-state index in [9.17, 15) is 4.79 Å². The Morgan fingerprint density at radius 2 is 1.76 bits per heavy atom. The van der Waals surface area contributed by atoms with Crippen LogP contribution < -0.4 is 10.6 Å². The summed E-state index contributed by atoms with van der Waals surface area (Å²) in [5.41, 5.74) is 3.07. The number of aliphatic imine (C=N–C) groups is 1. The van der Waals surface area contributed by atoms with E-state index in [2.05, 4.69) is 44.4 Å². The fraction of sp³-hybridized carbons (Fsp3) is 0.409. The van der Waals surface area contributed by atoms with E-state index in [0.29, 0.717) is 49.4 Å². The van der Waals surface area contributed by atoms with Gasteiger partial charge in [-0.25, -0.2) is 0 Å². The normalized spacial score (nSPS) is 13.3. The van der Waals surface area contributed by atoms with Crippen LogP contribution >= 0.6 is 0 Å². The molecule has 2 heterocycles. The summed E-state index contributed by atoms with van der Waals surface area (Å²) in [6.45, 7) is 8.86. The van der Waals surface area contributed by atoms with Gasteiger partial charge in [0, 0.05) is 24.9 Å². The zero-order chi connectivity index (χ0) is 20.8. The topological polar surface area (TPSA) is 92.2 Å². The first-order valence-corrected chi connectivity index (χ1v) is 10.0. The Balaban J connectivity index is 1.69. The second-order valence-corrected chi connectivity index (χ2v) is 7.70. The van der Waals surface area contributed by atoms with Gasteiger partial charge in [-0.3, -0.25) is 9.79 Å². The first kappa shape index (κ1) is 20.6. The first-order valence-electron chi connectivity index (χ1n) is 10.0. The Morgan fingerprint density at radius 3 is 2.34 bits per heavy atom. The molecule has 0 saturated carbocycles. The minimum Gasteiger partial charge on any atom is -0.324 e. The summed E-state index contributed by atoms with van der Waals surface area (Å²) in [7, 11) is 0. The van der Waals surface area contributed by atoms with Gasteiger partial charge in [-0.1, -0.05) is 32.9 Å². The van der Waals surface area contributed by atoms with Gasteiger partial charge in [-0.15, -0.1) is 0 Å². The second-order valence-electron chi connectivity index (χ2n) is 7.70. The first-order chi connectivity index (χ1) is 13.9. The molecule has 7 heteroatoms. The van der Waals surface area contributed by atoms with Crippen LogP contribution in [0.25, 0.3) is 0 Å². The number of aromatic nitrogens is 3. The molecule has 0 unspecified atom stereocenters. The van der Waals surface area contributed by atoms with Crippen LogP contribution in [0.1, 0.15) is 45.5 Å². The van der Waals surface area contributed by atoms with Crippen LogP contribution in [0, 0.1) is 5.92 Å². The van der Waals surface area contributed by atoms with Crippen LogP contribution in [0.4, 0.5) is 17.6 Å². The molecule has 0 spiro atoms. The third-order valence-corrected chi connectivity index (χ3v) is 4.37. The number of amidine groups is 1. The minimum atomic E-state index is 0.264. The van der Waals surface area contributed by atoms with E-state index in [0.717, 1.165) is 17.1 Å². The highest BCUT2D eigenvalue weighted by Gasteiger charge is 2.11. The van der Waals surface area contributed by atoms with E-state index in [1.807, 2.05) is 44.2 Å². The number of Topliss-reactive ketones (excluding diaryl/α,β-unsaturated/α-hetero) is 1. The summed E-state index contributed by atoms with van der Waals surface area (Å²) in [4.78, 5) is 29.8. The number of rotatable bonds is 8. The van der Waals surface area contributed by atoms with Crippen LogP contribution in [0.2, 0.25) is 0 Å². The molecule has 1 aromatic heterocycles. The minimum absolute atomic E-state index is 0.264. The van der Waals surface area contributed by atoms with E-state index in [1.165, 1.54) is 5.57 Å². The monoisotopic (exact) mass is 392 g/mol. The lowest BCUT2D eigenvalue weighted by Crippen LogP contribution is -2.13. The number of hydrogen-bond acceptors (Lipinski definition) is 7. The molecule has 0 aliphatic carbocycles. The molecule has 0 bridgehead atoms. The lowest BCUT2D eigenvalue weighted by Gasteiger charge is -2.10. The molecule has 2 N–H and O–H groups in total. The summed E-state index contributed by atoms with van der Waals surface area (Å²) in [6.07, 6.45) is 3.76. The number of anilines is 3. The van der Waals surface area contributed by atoms with Crippen LogP contribution in [0.15, 0.2) is 40.9 Å². The van der Waals surface area contributed by atoms with Gasteiger partial charge in [0.1, 0.15) is 17.4 Å². The largest absolute Gasteiger partial charge is 0.324 e. The molecule has 0 fully saturated rings. The van der Waals surface area contributed by atoms with E-state index < -0.39 is 0 Å². The van der Waals surface area contributed by atoms with Crippen molar-refractivity contribution < 1.29 is 4.79 Å². The van der Waals surface area contributed by atoms with Crippen molar-refractivity contribution in [2.45, 2.75) is 47.0 Å². The van der Waals surface area contributed by atoms with Gasteiger partial charge in [0.25, 0.3) is 0 Å². The lowest BCUT2D eigenvalue weighted by atomic mass is 10.0. The zero-order valence-electron chi connectivity index (χ0n) is 17.5. The number of carbonyl (C=O) groups is 1. The second kappa shape index (κ2) is 9.41. The molecular formula is C22H28N6O. The highest BCUT2D eigenvalue weighted by atomic mass is 16.1. The van der Waals surface area contributed by atoms with Crippen LogP contribution in [-0.2, 0) is 17.6 Å². The molecule has 3 rings (SSSR count). The fourth-order valence-corrected chi connectivity index (χ4v) is 3.00. The number of nitrogens with zero attached hydrogens (tertiary/aromatic N) is 4. The van der Waals surface area contributed by atoms with Crippen LogP contribution in [-0.4, -0.2) is 33.1 Å². The SMILES string of the molecule is CCc1nc(NC2=NCC(C)=C2)nc(Nc2ccc(CC(=O)CC(C)C)cc2)n1. The Bertz CT molecular complexity index is 931. The third-order valence-electron chi connectivity index (χ3n) is 4.37. The molecular weight excluding hydrogens is 364 g/mol. The van der Waals surface area contributed by atoms with Crippen LogP contribution in [0.5, 0.6) is 0 Å². The van der Waals surface area contributed by atoms with Crippen molar-refractivity contribution in [2.75, 3.05) is 17.2 Å². The Hall–Kier alpha value is -3.09. The maximum Gasteiger partial charge on any atom is 0.233 e. The van der Waals surface area contributed by atoms with Crippen molar-refractivity contribution in [3.63, 3.8) is 0 Å². The highest BCUT2D eigenvalue weighted by Crippen LogP contribution is 2.17. The van der Waals surface area contributed by atoms with Crippen molar-refractivity contribution in [3.05, 3.63) is 47.3 Å². The predicted molar refractivity (Wildman–Crippen MR) is 117 cm³/mol. The number of carbonyl (C=O) groups excluding carboxylic acids is 1. The van der Waals surface area contributed by atoms with E-state index in [1.54, 1.807) is 0 Å². The van der Waals surface area contributed by atoms with Gasteiger partial charge in [-0.2, -0.15) is 15.0 Å². The molecule has 7 nitrogen and oxygen atoms in total. The maximum atomic E-state index is 12.0. The fourth-order valence-electron chi connectivity index (χ4n) is 3.00. The number of hydrogen-bond donors (Lipinski definition) is 2. The number of nitrogens with one attached hydrogen (secondary N) is 2. The zero-order valence-corrected chi connectivity index (χ0v) is 17.5. The standard InChI is InChI=1S/C22H28N6O/c1-5-19-25-21(28-22(26-19)27-20-11-15(4)13-23-20)24-17-8-6-16(7-9-17)12-18(29)10-14(2)3/h6-9,11,14H,5,10,12-13H2,1-4H3,(H2,23,24,25,26,27,28). The Kier molecular flexibility index (Phi) is 6.69. The molecule has 0 saturated heterocycles. The molecule has 1 aromatic carbocycles. The van der Waals surface area contributed by atoms with E-state index in [4.69, 9.17) is 0 Å². The summed E-state index contributed by atoms with van der Waals surface area (Å²) < 4.78 is 0. The third kappa shape index (κ3) is 6.20. The molecule has 152 valence electrons. The molecule has 2 aromatic rings. The van der Waals surface area contributed by atoms with Gasteiger partial charge in [0.05, 0.1) is 6.54 Å². The molecule has 0 atom stereocenters. The van der Waals surface area contributed by atoms with E-state index >= 15 is 0 Å². The highest BCUT2D eigenvalue weighted by molar-refractivity contribution is 6.04.